The lowest BCUT2D eigenvalue weighted by molar-refractivity contribution is 1.09. The Bertz CT molecular complexity index is 688. The molecule has 3 aromatic rings. The second-order valence-corrected chi connectivity index (χ2v) is 4.72. The summed E-state index contributed by atoms with van der Waals surface area (Å²) >= 11 is 3.40. The second kappa shape index (κ2) is 3.89. The molecule has 3 nitrogen and oxygen atoms in total. The molecule has 2 aromatic carbocycles. The van der Waals surface area contributed by atoms with Gasteiger partial charge in [-0.2, -0.15) is 0 Å². The van der Waals surface area contributed by atoms with Gasteiger partial charge in [-0.3, -0.25) is 4.57 Å². The molecule has 0 amide bonds. The molecule has 0 saturated heterocycles. The van der Waals surface area contributed by atoms with Crippen LogP contribution in [0.25, 0.3) is 16.7 Å². The minimum absolute atomic E-state index is 0.725. The number of benzene rings is 2. The molecule has 0 fully saturated rings. The van der Waals surface area contributed by atoms with Gasteiger partial charge in [0.1, 0.15) is 6.33 Å². The zero-order valence-electron chi connectivity index (χ0n) is 8.97. The molecule has 3 rings (SSSR count). The Kier molecular flexibility index (Phi) is 2.37. The summed E-state index contributed by atoms with van der Waals surface area (Å²) in [4.78, 5) is 4.35. The van der Waals surface area contributed by atoms with Crippen LogP contribution in [0.3, 0.4) is 0 Å². The number of fused-ring (bicyclic) bond motifs is 1. The Morgan fingerprint density at radius 2 is 1.94 bits per heavy atom. The zero-order valence-corrected chi connectivity index (χ0v) is 10.6. The SMILES string of the molecule is Nc1cc(Br)ccc1-n1cnc2ccccc21. The van der Waals surface area contributed by atoms with Crippen LogP contribution in [0.5, 0.6) is 0 Å². The number of nitrogens with zero attached hydrogens (tertiary/aromatic N) is 2. The molecule has 0 aliphatic rings. The monoisotopic (exact) mass is 287 g/mol. The van der Waals surface area contributed by atoms with E-state index in [1.165, 1.54) is 0 Å². The highest BCUT2D eigenvalue weighted by Gasteiger charge is 2.06. The number of nitrogens with two attached hydrogens (primary N) is 1. The van der Waals surface area contributed by atoms with Gasteiger partial charge in [-0.05, 0) is 30.3 Å². The van der Waals surface area contributed by atoms with Crippen LogP contribution in [0.1, 0.15) is 0 Å². The Hall–Kier alpha value is -1.81. The lowest BCUT2D eigenvalue weighted by atomic mass is 10.2. The van der Waals surface area contributed by atoms with Crippen molar-refractivity contribution in [2.75, 3.05) is 5.73 Å². The smallest absolute Gasteiger partial charge is 0.100 e. The van der Waals surface area contributed by atoms with E-state index >= 15 is 0 Å². The summed E-state index contributed by atoms with van der Waals surface area (Å²) in [6.07, 6.45) is 1.80. The Morgan fingerprint density at radius 3 is 2.76 bits per heavy atom. The standard InChI is InChI=1S/C13H10BrN3/c14-9-5-6-12(10(15)7-9)17-8-16-11-3-1-2-4-13(11)17/h1-8H,15H2. The van der Waals surface area contributed by atoms with Gasteiger partial charge in [0.15, 0.2) is 0 Å². The normalized spacial score (nSPS) is 10.9. The third-order valence-electron chi connectivity index (χ3n) is 2.70. The molecule has 84 valence electrons. The third kappa shape index (κ3) is 1.70. The maximum absolute atomic E-state index is 6.03. The van der Waals surface area contributed by atoms with Crippen molar-refractivity contribution in [2.45, 2.75) is 0 Å². The number of hydrogen-bond acceptors (Lipinski definition) is 2. The van der Waals surface area contributed by atoms with Crippen LogP contribution < -0.4 is 5.73 Å². The van der Waals surface area contributed by atoms with Gasteiger partial charge in [0.25, 0.3) is 0 Å². The molecule has 0 unspecified atom stereocenters. The van der Waals surface area contributed by atoms with Crippen molar-refractivity contribution in [1.82, 2.24) is 9.55 Å². The number of para-hydroxylation sites is 2. The van der Waals surface area contributed by atoms with Crippen LogP contribution in [-0.4, -0.2) is 9.55 Å². The highest BCUT2D eigenvalue weighted by molar-refractivity contribution is 9.10. The summed E-state index contributed by atoms with van der Waals surface area (Å²) in [6.45, 7) is 0. The lowest BCUT2D eigenvalue weighted by Gasteiger charge is -2.08. The number of imidazole rings is 1. The lowest BCUT2D eigenvalue weighted by Crippen LogP contribution is -1.98. The van der Waals surface area contributed by atoms with Crippen LogP contribution in [0.15, 0.2) is 53.3 Å². The van der Waals surface area contributed by atoms with Crippen molar-refractivity contribution < 1.29 is 0 Å². The molecule has 0 saturated carbocycles. The third-order valence-corrected chi connectivity index (χ3v) is 3.20. The topological polar surface area (TPSA) is 43.8 Å². The van der Waals surface area contributed by atoms with Crippen molar-refractivity contribution in [3.05, 3.63) is 53.3 Å². The molecule has 0 bridgehead atoms. The zero-order chi connectivity index (χ0) is 11.8. The van der Waals surface area contributed by atoms with Crippen LogP contribution in [0.4, 0.5) is 5.69 Å². The first-order chi connectivity index (χ1) is 8.25. The highest BCUT2D eigenvalue weighted by atomic mass is 79.9. The quantitative estimate of drug-likeness (QED) is 0.698. The van der Waals surface area contributed by atoms with E-state index in [2.05, 4.69) is 20.9 Å². The van der Waals surface area contributed by atoms with Crippen molar-refractivity contribution >= 4 is 32.7 Å². The van der Waals surface area contributed by atoms with Gasteiger partial charge in [0.05, 0.1) is 22.4 Å². The van der Waals surface area contributed by atoms with E-state index in [1.54, 1.807) is 6.33 Å². The molecule has 0 spiro atoms. The molecule has 0 aliphatic carbocycles. The first kappa shape index (κ1) is 10.4. The molecule has 2 N–H and O–H groups in total. The van der Waals surface area contributed by atoms with E-state index < -0.39 is 0 Å². The molecular formula is C13H10BrN3. The first-order valence-corrected chi connectivity index (χ1v) is 6.02. The Labute approximate surface area is 107 Å². The van der Waals surface area contributed by atoms with E-state index in [4.69, 9.17) is 5.73 Å². The minimum Gasteiger partial charge on any atom is -0.397 e. The number of anilines is 1. The predicted octanol–water partition coefficient (Wildman–Crippen LogP) is 3.37. The average Bonchev–Trinajstić information content (AvgIpc) is 2.73. The van der Waals surface area contributed by atoms with E-state index in [9.17, 15) is 0 Å². The molecule has 17 heavy (non-hydrogen) atoms. The highest BCUT2D eigenvalue weighted by Crippen LogP contribution is 2.25. The van der Waals surface area contributed by atoms with Gasteiger partial charge in [-0.1, -0.05) is 28.1 Å². The van der Waals surface area contributed by atoms with Crippen molar-refractivity contribution in [3.8, 4) is 5.69 Å². The summed E-state index contributed by atoms with van der Waals surface area (Å²) in [6, 6.07) is 13.8. The van der Waals surface area contributed by atoms with Gasteiger partial charge in [0.2, 0.25) is 0 Å². The fourth-order valence-corrected chi connectivity index (χ4v) is 2.27. The van der Waals surface area contributed by atoms with Gasteiger partial charge in [-0.15, -0.1) is 0 Å². The molecule has 1 aromatic heterocycles. The van der Waals surface area contributed by atoms with Crippen LogP contribution >= 0.6 is 15.9 Å². The maximum Gasteiger partial charge on any atom is 0.100 e. The van der Waals surface area contributed by atoms with Crippen molar-refractivity contribution in [3.63, 3.8) is 0 Å². The van der Waals surface area contributed by atoms with Crippen LogP contribution in [0.2, 0.25) is 0 Å². The number of aromatic nitrogens is 2. The first-order valence-electron chi connectivity index (χ1n) is 5.23. The van der Waals surface area contributed by atoms with Crippen LogP contribution in [0, 0.1) is 0 Å². The summed E-state index contributed by atoms with van der Waals surface area (Å²) < 4.78 is 2.97. The Morgan fingerprint density at radius 1 is 1.12 bits per heavy atom. The molecule has 0 atom stereocenters. The predicted molar refractivity (Wildman–Crippen MR) is 73.2 cm³/mol. The van der Waals surface area contributed by atoms with Gasteiger partial charge < -0.3 is 5.73 Å². The number of rotatable bonds is 1. The van der Waals surface area contributed by atoms with E-state index in [0.29, 0.717) is 0 Å². The van der Waals surface area contributed by atoms with Crippen molar-refractivity contribution in [1.29, 1.82) is 0 Å². The summed E-state index contributed by atoms with van der Waals surface area (Å²) in [5.74, 6) is 0. The summed E-state index contributed by atoms with van der Waals surface area (Å²) in [5.41, 5.74) is 9.72. The van der Waals surface area contributed by atoms with Gasteiger partial charge in [-0.25, -0.2) is 4.98 Å². The molecule has 0 radical (unpaired) electrons. The molecule has 4 heteroatoms. The number of halogens is 1. The van der Waals surface area contributed by atoms with Crippen molar-refractivity contribution in [2.24, 2.45) is 0 Å². The maximum atomic E-state index is 6.03. The molecule has 1 heterocycles. The fourth-order valence-electron chi connectivity index (χ4n) is 1.90. The van der Waals surface area contributed by atoms with Gasteiger partial charge >= 0.3 is 0 Å². The summed E-state index contributed by atoms with van der Waals surface area (Å²) in [7, 11) is 0. The van der Waals surface area contributed by atoms with Gasteiger partial charge in [0, 0.05) is 4.47 Å². The molecule has 0 aliphatic heterocycles. The van der Waals surface area contributed by atoms with E-state index in [-0.39, 0.29) is 0 Å². The largest absolute Gasteiger partial charge is 0.397 e. The van der Waals surface area contributed by atoms with Crippen LogP contribution in [-0.2, 0) is 0 Å². The Balaban J connectivity index is 2.27. The second-order valence-electron chi connectivity index (χ2n) is 3.81. The molecular weight excluding hydrogens is 278 g/mol. The van der Waals surface area contributed by atoms with E-state index in [0.717, 1.165) is 26.9 Å². The number of hydrogen-bond donors (Lipinski definition) is 1. The van der Waals surface area contributed by atoms with E-state index in [1.807, 2.05) is 47.0 Å². The summed E-state index contributed by atoms with van der Waals surface area (Å²) in [5, 5.41) is 0. The fraction of sp³-hybridized carbons (Fsp3) is 0. The average molecular weight is 288 g/mol. The number of nitrogen functional groups attached to an aromatic ring is 1. The minimum atomic E-state index is 0.725.